The molecule has 4 rings (SSSR count). The van der Waals surface area contributed by atoms with Gasteiger partial charge in [-0.1, -0.05) is 19.1 Å². The summed E-state index contributed by atoms with van der Waals surface area (Å²) in [5.41, 5.74) is -0.00471. The van der Waals surface area contributed by atoms with Crippen molar-refractivity contribution in [3.63, 3.8) is 0 Å². The number of halogens is 1. The number of rotatable bonds is 9. The summed E-state index contributed by atoms with van der Waals surface area (Å²) in [7, 11) is -6.62. The number of hydrogen-bond donors (Lipinski definition) is 2. The van der Waals surface area contributed by atoms with E-state index in [4.69, 9.17) is 4.74 Å². The number of carbonyl (C=O) groups excluding carboxylic acids is 1. The summed E-state index contributed by atoms with van der Waals surface area (Å²) < 4.78 is 76.0. The second kappa shape index (κ2) is 11.8. The molecule has 0 unspecified atom stereocenters. The highest BCUT2D eigenvalue weighted by molar-refractivity contribution is 7.92. The average Bonchev–Trinajstić information content (AvgIpc) is 3.47. The van der Waals surface area contributed by atoms with Gasteiger partial charge in [-0.2, -0.15) is 4.31 Å². The lowest BCUT2D eigenvalue weighted by atomic mass is 9.99. The first kappa shape index (κ1) is 29.9. The van der Waals surface area contributed by atoms with Crippen molar-refractivity contribution >= 4 is 43.0 Å². The van der Waals surface area contributed by atoms with Crippen LogP contribution in [0.5, 0.6) is 5.75 Å². The summed E-state index contributed by atoms with van der Waals surface area (Å²) in [6.45, 7) is 3.20. The molecule has 1 aromatic heterocycles. The molecule has 0 bridgehead atoms. The third kappa shape index (κ3) is 6.15. The van der Waals surface area contributed by atoms with Gasteiger partial charge in [0.1, 0.15) is 16.1 Å². The van der Waals surface area contributed by atoms with Gasteiger partial charge in [-0.05, 0) is 54.8 Å². The van der Waals surface area contributed by atoms with Crippen LogP contribution in [0.3, 0.4) is 0 Å². The lowest BCUT2D eigenvalue weighted by molar-refractivity contribution is 0.0389. The van der Waals surface area contributed by atoms with E-state index in [1.54, 1.807) is 25.3 Å². The first-order chi connectivity index (χ1) is 18.8. The van der Waals surface area contributed by atoms with Gasteiger partial charge in [0.15, 0.2) is 5.75 Å². The molecule has 14 heteroatoms. The van der Waals surface area contributed by atoms with Crippen molar-refractivity contribution in [3.8, 4) is 5.75 Å². The predicted molar refractivity (Wildman–Crippen MR) is 149 cm³/mol. The van der Waals surface area contributed by atoms with Crippen molar-refractivity contribution < 1.29 is 35.9 Å². The Morgan fingerprint density at radius 1 is 1.15 bits per heavy atom. The smallest absolute Gasteiger partial charge is 0.262 e. The van der Waals surface area contributed by atoms with Gasteiger partial charge < -0.3 is 14.7 Å². The Morgan fingerprint density at radius 3 is 2.48 bits per heavy atom. The predicted octanol–water partition coefficient (Wildman–Crippen LogP) is 3.23. The fourth-order valence-electron chi connectivity index (χ4n) is 4.27. The van der Waals surface area contributed by atoms with Crippen LogP contribution in [-0.4, -0.2) is 75.9 Å². The summed E-state index contributed by atoms with van der Waals surface area (Å²) in [4.78, 5) is 14.9. The lowest BCUT2D eigenvalue weighted by Crippen LogP contribution is -2.50. The first-order valence-corrected chi connectivity index (χ1v) is 16.1. The maximum absolute atomic E-state index is 13.6. The molecule has 1 aliphatic heterocycles. The highest BCUT2D eigenvalue weighted by atomic mass is 32.2. The number of aliphatic hydroxyl groups is 1. The number of nitrogens with zero attached hydrogens (tertiary/aromatic N) is 2. The summed E-state index contributed by atoms with van der Waals surface area (Å²) >= 11 is 1.08. The number of benzene rings is 2. The van der Waals surface area contributed by atoms with Gasteiger partial charge in [0.25, 0.3) is 26.0 Å². The van der Waals surface area contributed by atoms with Crippen LogP contribution in [0.15, 0.2) is 69.1 Å². The molecule has 0 saturated carbocycles. The molecule has 2 N–H and O–H groups in total. The van der Waals surface area contributed by atoms with Crippen molar-refractivity contribution in [3.05, 3.63) is 71.4 Å². The van der Waals surface area contributed by atoms with E-state index in [0.717, 1.165) is 39.9 Å². The Balaban J connectivity index is 1.76. The Hall–Kier alpha value is -3.04. The SMILES string of the molecule is C[C@@H]1CN([C@H](C)CO)C(=O)c2cccc(NS(=O)(=O)c3ccc(F)cc3)c2O[C@H]1CN(C)S(=O)(=O)c1cccs1. The molecule has 0 spiro atoms. The van der Waals surface area contributed by atoms with E-state index in [1.807, 2.05) is 0 Å². The van der Waals surface area contributed by atoms with E-state index in [0.29, 0.717) is 0 Å². The van der Waals surface area contributed by atoms with E-state index in [9.17, 15) is 31.1 Å². The second-order valence-electron chi connectivity index (χ2n) is 9.58. The third-order valence-electron chi connectivity index (χ3n) is 6.66. The third-order valence-corrected chi connectivity index (χ3v) is 11.2. The number of amides is 1. The minimum absolute atomic E-state index is 0.0419. The standard InChI is InChI=1S/C26H30FN3O7S3/c1-17-14-30(18(2)16-31)26(32)21-6-4-7-22(28-39(33,34)20-11-9-19(27)10-12-20)25(21)37-23(17)15-29(3)40(35,36)24-8-5-13-38-24/h4-13,17-18,23,28,31H,14-16H2,1-3H3/t17-,18-,23+/m1/s1. The number of sulfonamides is 2. The minimum Gasteiger partial charge on any atom is -0.486 e. The Labute approximate surface area is 237 Å². The number of thiophene rings is 1. The number of anilines is 1. The number of nitrogens with one attached hydrogen (secondary N) is 1. The van der Waals surface area contributed by atoms with Crippen LogP contribution in [-0.2, 0) is 20.0 Å². The molecular formula is C26H30FN3O7S3. The summed E-state index contributed by atoms with van der Waals surface area (Å²) in [6, 6.07) is 11.2. The first-order valence-electron chi connectivity index (χ1n) is 12.3. The number of para-hydroxylation sites is 1. The zero-order chi connectivity index (χ0) is 29.2. The average molecular weight is 612 g/mol. The molecule has 1 amide bonds. The maximum atomic E-state index is 13.6. The number of hydrogen-bond acceptors (Lipinski definition) is 8. The van der Waals surface area contributed by atoms with Crippen LogP contribution in [0.2, 0.25) is 0 Å². The number of fused-ring (bicyclic) bond motifs is 1. The van der Waals surface area contributed by atoms with Gasteiger partial charge in [0, 0.05) is 19.5 Å². The molecule has 0 radical (unpaired) electrons. The Morgan fingerprint density at radius 2 is 1.85 bits per heavy atom. The van der Waals surface area contributed by atoms with Crippen LogP contribution in [0.4, 0.5) is 10.1 Å². The Kier molecular flexibility index (Phi) is 8.85. The van der Waals surface area contributed by atoms with E-state index >= 15 is 0 Å². The van der Waals surface area contributed by atoms with Crippen LogP contribution < -0.4 is 9.46 Å². The number of aliphatic hydroxyl groups excluding tert-OH is 1. The molecule has 2 aromatic carbocycles. The topological polar surface area (TPSA) is 133 Å². The summed E-state index contributed by atoms with van der Waals surface area (Å²) in [5.74, 6) is -1.58. The van der Waals surface area contributed by atoms with Crippen LogP contribution in [0.25, 0.3) is 0 Å². The van der Waals surface area contributed by atoms with Gasteiger partial charge in [0.2, 0.25) is 0 Å². The van der Waals surface area contributed by atoms with Crippen molar-refractivity contribution in [2.75, 3.05) is 31.5 Å². The van der Waals surface area contributed by atoms with E-state index in [1.165, 1.54) is 36.2 Å². The number of carbonyl (C=O) groups is 1. The van der Waals surface area contributed by atoms with Crippen molar-refractivity contribution in [2.24, 2.45) is 5.92 Å². The normalized spacial score (nSPS) is 18.9. The van der Waals surface area contributed by atoms with Crippen LogP contribution in [0, 0.1) is 11.7 Å². The second-order valence-corrected chi connectivity index (χ2v) is 14.5. The lowest BCUT2D eigenvalue weighted by Gasteiger charge is -2.38. The molecule has 3 atom stereocenters. The van der Waals surface area contributed by atoms with Crippen LogP contribution >= 0.6 is 11.3 Å². The molecule has 1 aliphatic rings. The van der Waals surface area contributed by atoms with E-state index in [2.05, 4.69) is 4.72 Å². The van der Waals surface area contributed by atoms with Gasteiger partial charge >= 0.3 is 0 Å². The molecule has 40 heavy (non-hydrogen) atoms. The molecule has 2 heterocycles. The Bertz CT molecular complexity index is 1560. The molecule has 3 aromatic rings. The minimum atomic E-state index is -4.21. The summed E-state index contributed by atoms with van der Waals surface area (Å²) in [6.07, 6.45) is -0.809. The molecule has 10 nitrogen and oxygen atoms in total. The van der Waals surface area contributed by atoms with Crippen molar-refractivity contribution in [1.29, 1.82) is 0 Å². The zero-order valence-electron chi connectivity index (χ0n) is 22.0. The quantitative estimate of drug-likeness (QED) is 0.380. The van der Waals surface area contributed by atoms with Crippen molar-refractivity contribution in [2.45, 2.75) is 35.1 Å². The molecule has 0 fully saturated rings. The van der Waals surface area contributed by atoms with E-state index < -0.39 is 49.8 Å². The van der Waals surface area contributed by atoms with E-state index in [-0.39, 0.29) is 45.8 Å². The fraction of sp³-hybridized carbons (Fsp3) is 0.346. The highest BCUT2D eigenvalue weighted by Crippen LogP contribution is 2.36. The zero-order valence-corrected chi connectivity index (χ0v) is 24.5. The molecule has 0 aliphatic carbocycles. The van der Waals surface area contributed by atoms with Crippen LogP contribution in [0.1, 0.15) is 24.2 Å². The molecule has 216 valence electrons. The van der Waals surface area contributed by atoms with Gasteiger partial charge in [-0.3, -0.25) is 9.52 Å². The van der Waals surface area contributed by atoms with Crippen molar-refractivity contribution in [1.82, 2.24) is 9.21 Å². The monoisotopic (exact) mass is 611 g/mol. The van der Waals surface area contributed by atoms with Gasteiger partial charge in [-0.25, -0.2) is 21.2 Å². The summed E-state index contributed by atoms with van der Waals surface area (Å²) in [5, 5.41) is 11.5. The largest absolute Gasteiger partial charge is 0.486 e. The maximum Gasteiger partial charge on any atom is 0.262 e. The molecule has 0 saturated heterocycles. The molecular weight excluding hydrogens is 581 g/mol. The number of ether oxygens (including phenoxy) is 1. The fourth-order valence-corrected chi connectivity index (χ4v) is 7.72. The number of likely N-dealkylation sites (N-methyl/N-ethyl adjacent to an activating group) is 1. The van der Waals surface area contributed by atoms with Gasteiger partial charge in [0.05, 0.1) is 35.3 Å². The van der Waals surface area contributed by atoms with Gasteiger partial charge in [-0.15, -0.1) is 11.3 Å². The highest BCUT2D eigenvalue weighted by Gasteiger charge is 2.36.